The molecule has 0 aromatic carbocycles. The van der Waals surface area contributed by atoms with Crippen LogP contribution in [-0.4, -0.2) is 50.8 Å². The van der Waals surface area contributed by atoms with Gasteiger partial charge >= 0.3 is 0 Å². The lowest BCUT2D eigenvalue weighted by Crippen LogP contribution is -2.46. The Bertz CT molecular complexity index is 167. The number of methoxy groups -OCH3 is 1. The van der Waals surface area contributed by atoms with Crippen molar-refractivity contribution in [3.63, 3.8) is 0 Å². The molecule has 2 atom stereocenters. The summed E-state index contributed by atoms with van der Waals surface area (Å²) in [6, 6.07) is 0.676. The van der Waals surface area contributed by atoms with Crippen LogP contribution >= 0.6 is 0 Å². The molecule has 1 N–H and O–H groups in total. The second kappa shape index (κ2) is 6.46. The number of hydrogen-bond donors (Lipinski definition) is 1. The lowest BCUT2D eigenvalue weighted by molar-refractivity contribution is 0.0217. The van der Waals surface area contributed by atoms with Crippen LogP contribution in [0.3, 0.4) is 0 Å². The molecule has 0 aromatic rings. The van der Waals surface area contributed by atoms with E-state index in [0.717, 1.165) is 6.54 Å². The van der Waals surface area contributed by atoms with Crippen LogP contribution in [0.15, 0.2) is 0 Å². The van der Waals surface area contributed by atoms with E-state index in [1.807, 2.05) is 14.2 Å². The van der Waals surface area contributed by atoms with Gasteiger partial charge in [0.05, 0.1) is 6.10 Å². The van der Waals surface area contributed by atoms with Crippen molar-refractivity contribution in [2.24, 2.45) is 5.92 Å². The number of likely N-dealkylation sites (tertiary alicyclic amines) is 1. The SMILES string of the molecule is CNCC(C)C(C)N1CCC(OC)CC1. The molecule has 0 amide bonds. The van der Waals surface area contributed by atoms with E-state index < -0.39 is 0 Å². The first kappa shape index (κ1) is 12.9. The summed E-state index contributed by atoms with van der Waals surface area (Å²) < 4.78 is 5.39. The van der Waals surface area contributed by atoms with E-state index in [-0.39, 0.29) is 0 Å². The van der Waals surface area contributed by atoms with Crippen molar-refractivity contribution < 1.29 is 4.74 Å². The Morgan fingerprint density at radius 2 is 1.93 bits per heavy atom. The van der Waals surface area contributed by atoms with Gasteiger partial charge in [-0.2, -0.15) is 0 Å². The largest absolute Gasteiger partial charge is 0.381 e. The van der Waals surface area contributed by atoms with Crippen LogP contribution in [0.5, 0.6) is 0 Å². The Morgan fingerprint density at radius 1 is 1.33 bits per heavy atom. The van der Waals surface area contributed by atoms with E-state index in [1.165, 1.54) is 25.9 Å². The highest BCUT2D eigenvalue weighted by Crippen LogP contribution is 2.18. The zero-order valence-electron chi connectivity index (χ0n) is 10.6. The second-order valence-corrected chi connectivity index (χ2v) is 4.75. The number of piperidine rings is 1. The third kappa shape index (κ3) is 3.74. The summed E-state index contributed by atoms with van der Waals surface area (Å²) in [7, 11) is 3.85. The minimum absolute atomic E-state index is 0.494. The van der Waals surface area contributed by atoms with E-state index in [9.17, 15) is 0 Å². The normalized spacial score (nSPS) is 24.0. The number of rotatable bonds is 5. The number of ether oxygens (including phenoxy) is 1. The molecule has 1 saturated heterocycles. The molecule has 2 unspecified atom stereocenters. The molecule has 0 spiro atoms. The van der Waals surface area contributed by atoms with E-state index in [0.29, 0.717) is 18.1 Å². The number of nitrogens with zero attached hydrogens (tertiary/aromatic N) is 1. The predicted molar refractivity (Wildman–Crippen MR) is 64.2 cm³/mol. The minimum atomic E-state index is 0.494. The highest BCUT2D eigenvalue weighted by Gasteiger charge is 2.24. The first-order valence-electron chi connectivity index (χ1n) is 6.10. The van der Waals surface area contributed by atoms with Crippen molar-refractivity contribution in [3.05, 3.63) is 0 Å². The van der Waals surface area contributed by atoms with Crippen molar-refractivity contribution in [3.8, 4) is 0 Å². The molecule has 0 bridgehead atoms. The van der Waals surface area contributed by atoms with E-state index in [4.69, 9.17) is 4.74 Å². The maximum atomic E-state index is 5.39. The average molecular weight is 214 g/mol. The molecule has 90 valence electrons. The third-order valence-electron chi connectivity index (χ3n) is 3.74. The quantitative estimate of drug-likeness (QED) is 0.747. The average Bonchev–Trinajstić information content (AvgIpc) is 2.28. The van der Waals surface area contributed by atoms with Crippen LogP contribution in [0.25, 0.3) is 0 Å². The molecule has 1 heterocycles. The van der Waals surface area contributed by atoms with Crippen LogP contribution in [-0.2, 0) is 4.74 Å². The molecule has 3 nitrogen and oxygen atoms in total. The van der Waals surface area contributed by atoms with Gasteiger partial charge in [0, 0.05) is 26.2 Å². The Balaban J connectivity index is 2.32. The summed E-state index contributed by atoms with van der Waals surface area (Å²) in [6.07, 6.45) is 2.87. The summed E-state index contributed by atoms with van der Waals surface area (Å²) in [5, 5.41) is 3.26. The number of hydrogen-bond acceptors (Lipinski definition) is 3. The topological polar surface area (TPSA) is 24.5 Å². The summed E-state index contributed by atoms with van der Waals surface area (Å²) in [4.78, 5) is 2.59. The van der Waals surface area contributed by atoms with E-state index in [1.54, 1.807) is 0 Å². The predicted octanol–water partition coefficient (Wildman–Crippen LogP) is 1.34. The monoisotopic (exact) mass is 214 g/mol. The summed E-state index contributed by atoms with van der Waals surface area (Å²) in [5.74, 6) is 0.717. The van der Waals surface area contributed by atoms with Crippen molar-refractivity contribution in [2.75, 3.05) is 33.8 Å². The Morgan fingerprint density at radius 3 is 2.40 bits per heavy atom. The molecular formula is C12H26N2O. The lowest BCUT2D eigenvalue weighted by atomic mass is 9.98. The van der Waals surface area contributed by atoms with Gasteiger partial charge in [-0.15, -0.1) is 0 Å². The van der Waals surface area contributed by atoms with Crippen molar-refractivity contribution in [1.29, 1.82) is 0 Å². The van der Waals surface area contributed by atoms with Crippen LogP contribution < -0.4 is 5.32 Å². The van der Waals surface area contributed by atoms with Crippen molar-refractivity contribution in [2.45, 2.75) is 38.8 Å². The van der Waals surface area contributed by atoms with Crippen LogP contribution in [0.1, 0.15) is 26.7 Å². The smallest absolute Gasteiger partial charge is 0.0595 e. The minimum Gasteiger partial charge on any atom is -0.381 e. The third-order valence-corrected chi connectivity index (χ3v) is 3.74. The Labute approximate surface area is 94.2 Å². The lowest BCUT2D eigenvalue weighted by Gasteiger charge is -2.38. The highest BCUT2D eigenvalue weighted by molar-refractivity contribution is 4.79. The standard InChI is InChI=1S/C12H26N2O/c1-10(9-13-3)11(2)14-7-5-12(15-4)6-8-14/h10-13H,5-9H2,1-4H3. The van der Waals surface area contributed by atoms with E-state index >= 15 is 0 Å². The second-order valence-electron chi connectivity index (χ2n) is 4.75. The van der Waals surface area contributed by atoms with Crippen LogP contribution in [0, 0.1) is 5.92 Å². The fourth-order valence-electron chi connectivity index (χ4n) is 2.37. The first-order chi connectivity index (χ1) is 7.19. The fourth-order valence-corrected chi connectivity index (χ4v) is 2.37. The molecule has 0 aromatic heterocycles. The van der Waals surface area contributed by atoms with Gasteiger partial charge in [0.15, 0.2) is 0 Å². The summed E-state index contributed by atoms with van der Waals surface area (Å²) in [5.41, 5.74) is 0. The van der Waals surface area contributed by atoms with Gasteiger partial charge in [0.2, 0.25) is 0 Å². The van der Waals surface area contributed by atoms with Gasteiger partial charge < -0.3 is 15.0 Å². The van der Waals surface area contributed by atoms with Gasteiger partial charge in [-0.3, -0.25) is 0 Å². The Kier molecular flexibility index (Phi) is 5.58. The zero-order chi connectivity index (χ0) is 11.3. The maximum absolute atomic E-state index is 5.39. The molecule has 1 fully saturated rings. The molecule has 1 aliphatic rings. The molecule has 0 saturated carbocycles. The van der Waals surface area contributed by atoms with E-state index in [2.05, 4.69) is 24.1 Å². The van der Waals surface area contributed by atoms with Gasteiger partial charge in [-0.05, 0) is 39.3 Å². The molecule has 15 heavy (non-hydrogen) atoms. The molecule has 3 heteroatoms. The maximum Gasteiger partial charge on any atom is 0.0595 e. The van der Waals surface area contributed by atoms with Crippen LogP contribution in [0.2, 0.25) is 0 Å². The fraction of sp³-hybridized carbons (Fsp3) is 1.00. The molecule has 0 aliphatic carbocycles. The summed E-state index contributed by atoms with van der Waals surface area (Å²) >= 11 is 0. The first-order valence-corrected chi connectivity index (χ1v) is 6.10. The van der Waals surface area contributed by atoms with Gasteiger partial charge in [0.1, 0.15) is 0 Å². The van der Waals surface area contributed by atoms with Crippen molar-refractivity contribution >= 4 is 0 Å². The molecule has 0 radical (unpaired) electrons. The zero-order valence-corrected chi connectivity index (χ0v) is 10.6. The van der Waals surface area contributed by atoms with Crippen LogP contribution in [0.4, 0.5) is 0 Å². The number of nitrogens with one attached hydrogen (secondary N) is 1. The Hall–Kier alpha value is -0.120. The highest BCUT2D eigenvalue weighted by atomic mass is 16.5. The van der Waals surface area contributed by atoms with Gasteiger partial charge in [-0.1, -0.05) is 6.92 Å². The van der Waals surface area contributed by atoms with Crippen molar-refractivity contribution in [1.82, 2.24) is 10.2 Å². The summed E-state index contributed by atoms with van der Waals surface area (Å²) in [6.45, 7) is 8.14. The van der Waals surface area contributed by atoms with Gasteiger partial charge in [0.25, 0.3) is 0 Å². The molecule has 1 rings (SSSR count). The molecule has 1 aliphatic heterocycles. The molecular weight excluding hydrogens is 188 g/mol. The van der Waals surface area contributed by atoms with Gasteiger partial charge in [-0.25, -0.2) is 0 Å².